The Bertz CT molecular complexity index is 196. The zero-order chi connectivity index (χ0) is 11.0. The Morgan fingerprint density at radius 1 is 1.29 bits per heavy atom. The van der Waals surface area contributed by atoms with Crippen LogP contribution < -0.4 is 16.7 Å². The third kappa shape index (κ3) is 5.50. The lowest BCUT2D eigenvalue weighted by Crippen LogP contribution is -2.36. The molecule has 2 amide bonds. The molecule has 0 fully saturated rings. The van der Waals surface area contributed by atoms with Crippen molar-refractivity contribution >= 4 is 11.8 Å². The van der Waals surface area contributed by atoms with Gasteiger partial charge in [-0.05, 0) is 12.8 Å². The largest absolute Gasteiger partial charge is 0.294 e. The Balaban J connectivity index is 3.45. The second-order valence-corrected chi connectivity index (χ2v) is 2.95. The molecule has 0 aliphatic rings. The maximum Gasteiger partial charge on any atom is 0.236 e. The van der Waals surface area contributed by atoms with Crippen molar-refractivity contribution < 1.29 is 9.59 Å². The van der Waals surface area contributed by atoms with Crippen LogP contribution in [0, 0.1) is 0 Å². The van der Waals surface area contributed by atoms with Crippen molar-refractivity contribution in [3.8, 4) is 0 Å². The van der Waals surface area contributed by atoms with E-state index >= 15 is 0 Å². The van der Waals surface area contributed by atoms with Crippen molar-refractivity contribution in [2.45, 2.75) is 25.7 Å². The van der Waals surface area contributed by atoms with Gasteiger partial charge in [-0.25, -0.2) is 11.3 Å². The predicted octanol–water partition coefficient (Wildman–Crippen LogP) is -0.870. The summed E-state index contributed by atoms with van der Waals surface area (Å²) < 4.78 is 0. The molecular formula is C8H18N4O2. The second kappa shape index (κ2) is 7.28. The molecule has 6 heteroatoms. The molecule has 0 rings (SSSR count). The number of unbranched alkanes of at least 4 members (excludes halogenated alkanes) is 1. The second-order valence-electron chi connectivity index (χ2n) is 2.95. The molecule has 0 aliphatic carbocycles. The third-order valence-electron chi connectivity index (χ3n) is 1.91. The van der Waals surface area contributed by atoms with Gasteiger partial charge in [0.25, 0.3) is 0 Å². The van der Waals surface area contributed by atoms with Gasteiger partial charge in [0.05, 0.1) is 0 Å². The van der Waals surface area contributed by atoms with Crippen LogP contribution in [0.2, 0.25) is 0 Å². The minimum absolute atomic E-state index is 0.0145. The predicted molar refractivity (Wildman–Crippen MR) is 52.6 cm³/mol. The number of nitrogens with zero attached hydrogens (tertiary/aromatic N) is 1. The van der Waals surface area contributed by atoms with E-state index in [0.717, 1.165) is 0 Å². The molecule has 14 heavy (non-hydrogen) atoms. The van der Waals surface area contributed by atoms with Crippen LogP contribution in [-0.4, -0.2) is 30.9 Å². The van der Waals surface area contributed by atoms with Gasteiger partial charge >= 0.3 is 0 Å². The monoisotopic (exact) mass is 202 g/mol. The Labute approximate surface area is 83.8 Å². The normalized spacial score (nSPS) is 9.64. The minimum atomic E-state index is -0.195. The van der Waals surface area contributed by atoms with Crippen LogP contribution in [0.25, 0.3) is 0 Å². The topological polar surface area (TPSA) is 87.5 Å². The summed E-state index contributed by atoms with van der Waals surface area (Å²) in [6, 6.07) is 0. The van der Waals surface area contributed by atoms with E-state index in [0.29, 0.717) is 25.7 Å². The molecule has 0 aromatic carbocycles. The zero-order valence-electron chi connectivity index (χ0n) is 8.67. The molecule has 0 unspecified atom stereocenters. The van der Waals surface area contributed by atoms with E-state index in [2.05, 4.69) is 5.43 Å². The number of nitrogens with one attached hydrogen (secondary N) is 2. The van der Waals surface area contributed by atoms with Gasteiger partial charge in [0.1, 0.15) is 0 Å². The molecule has 0 aromatic rings. The van der Waals surface area contributed by atoms with Gasteiger partial charge in [-0.2, -0.15) is 0 Å². The molecule has 4 N–H and O–H groups in total. The Hall–Kier alpha value is -1.14. The van der Waals surface area contributed by atoms with Gasteiger partial charge in [0.15, 0.2) is 0 Å². The Kier molecular flexibility index (Phi) is 6.69. The average molecular weight is 202 g/mol. The zero-order valence-corrected chi connectivity index (χ0v) is 8.67. The van der Waals surface area contributed by atoms with Gasteiger partial charge in [-0.15, -0.1) is 0 Å². The number of hydrazine groups is 2. The molecule has 0 radical (unpaired) electrons. The Morgan fingerprint density at radius 3 is 2.36 bits per heavy atom. The van der Waals surface area contributed by atoms with Gasteiger partial charge in [0.2, 0.25) is 11.8 Å². The summed E-state index contributed by atoms with van der Waals surface area (Å²) in [5.41, 5.74) is 4.75. The first-order valence-corrected chi connectivity index (χ1v) is 4.55. The number of amides is 2. The highest BCUT2D eigenvalue weighted by Crippen LogP contribution is 2.01. The highest BCUT2D eigenvalue weighted by molar-refractivity contribution is 5.76. The lowest BCUT2D eigenvalue weighted by Gasteiger charge is -2.14. The fraction of sp³-hybridized carbons (Fsp3) is 0.750. The van der Waals surface area contributed by atoms with E-state index in [1.54, 1.807) is 14.1 Å². The molecule has 82 valence electrons. The molecule has 0 aromatic heterocycles. The third-order valence-corrected chi connectivity index (χ3v) is 1.91. The van der Waals surface area contributed by atoms with Crippen LogP contribution in [0.5, 0.6) is 0 Å². The van der Waals surface area contributed by atoms with Crippen LogP contribution in [0.1, 0.15) is 25.7 Å². The molecule has 0 atom stereocenters. The van der Waals surface area contributed by atoms with Crippen LogP contribution >= 0.6 is 0 Å². The van der Waals surface area contributed by atoms with Crippen LogP contribution in [-0.2, 0) is 9.59 Å². The minimum Gasteiger partial charge on any atom is -0.294 e. The first-order valence-electron chi connectivity index (χ1n) is 4.55. The summed E-state index contributed by atoms with van der Waals surface area (Å²) in [5, 5.41) is 1.42. The maximum atomic E-state index is 11.2. The van der Waals surface area contributed by atoms with Crippen molar-refractivity contribution in [1.82, 2.24) is 15.9 Å². The summed E-state index contributed by atoms with van der Waals surface area (Å²) in [6.07, 6.45) is 2.17. The first kappa shape index (κ1) is 12.9. The van der Waals surface area contributed by atoms with Gasteiger partial charge < -0.3 is 0 Å². The fourth-order valence-electron chi connectivity index (χ4n) is 0.926. The molecule has 0 heterocycles. The lowest BCUT2D eigenvalue weighted by molar-refractivity contribution is -0.132. The number of carbonyl (C=O) groups excluding carboxylic acids is 2. The van der Waals surface area contributed by atoms with E-state index in [-0.39, 0.29) is 11.8 Å². The van der Waals surface area contributed by atoms with Gasteiger partial charge in [0, 0.05) is 26.9 Å². The molecule has 0 bridgehead atoms. The molecule has 0 spiro atoms. The van der Waals surface area contributed by atoms with Crippen molar-refractivity contribution in [2.75, 3.05) is 14.1 Å². The summed E-state index contributed by atoms with van der Waals surface area (Å²) >= 11 is 0. The fourth-order valence-corrected chi connectivity index (χ4v) is 0.926. The molecule has 0 saturated heterocycles. The van der Waals surface area contributed by atoms with Crippen LogP contribution in [0.4, 0.5) is 0 Å². The van der Waals surface area contributed by atoms with E-state index in [1.165, 1.54) is 5.01 Å². The number of carbonyl (C=O) groups is 2. The molecule has 6 nitrogen and oxygen atoms in total. The quantitative estimate of drug-likeness (QED) is 0.226. The van der Waals surface area contributed by atoms with Gasteiger partial charge in [-0.3, -0.25) is 20.0 Å². The number of rotatable bonds is 6. The number of hydrogen-bond donors (Lipinski definition) is 3. The Morgan fingerprint density at radius 2 is 1.86 bits per heavy atom. The van der Waals surface area contributed by atoms with E-state index in [1.807, 2.05) is 5.43 Å². The summed E-state index contributed by atoms with van der Waals surface area (Å²) in [4.78, 5) is 21.9. The number of hydrogen-bond acceptors (Lipinski definition) is 4. The summed E-state index contributed by atoms with van der Waals surface area (Å²) in [5.74, 6) is 4.72. The van der Waals surface area contributed by atoms with Crippen LogP contribution in [0.15, 0.2) is 0 Å². The SMILES string of the molecule is CNN(C)C(=O)CCCCC(=O)NN. The van der Waals surface area contributed by atoms with Crippen molar-refractivity contribution in [2.24, 2.45) is 5.84 Å². The molecule has 0 saturated carbocycles. The maximum absolute atomic E-state index is 11.2. The smallest absolute Gasteiger partial charge is 0.236 e. The van der Waals surface area contributed by atoms with Crippen molar-refractivity contribution in [3.63, 3.8) is 0 Å². The summed E-state index contributed by atoms with van der Waals surface area (Å²) in [7, 11) is 3.34. The van der Waals surface area contributed by atoms with E-state index < -0.39 is 0 Å². The van der Waals surface area contributed by atoms with E-state index in [9.17, 15) is 9.59 Å². The highest BCUT2D eigenvalue weighted by atomic mass is 16.2. The highest BCUT2D eigenvalue weighted by Gasteiger charge is 2.06. The average Bonchev–Trinajstić information content (AvgIpc) is 2.22. The first-order chi connectivity index (χ1) is 6.61. The molecule has 0 aliphatic heterocycles. The van der Waals surface area contributed by atoms with E-state index in [4.69, 9.17) is 5.84 Å². The number of nitrogens with two attached hydrogens (primary N) is 1. The lowest BCUT2D eigenvalue weighted by atomic mass is 10.2. The van der Waals surface area contributed by atoms with Crippen LogP contribution in [0.3, 0.4) is 0 Å². The standard InChI is InChI=1S/C8H18N4O2/c1-10-12(2)8(14)6-4-3-5-7(13)11-9/h10H,3-6,9H2,1-2H3,(H,11,13). The summed E-state index contributed by atoms with van der Waals surface area (Å²) in [6.45, 7) is 0. The molecular weight excluding hydrogens is 184 g/mol. The van der Waals surface area contributed by atoms with Gasteiger partial charge in [-0.1, -0.05) is 0 Å². The van der Waals surface area contributed by atoms with Crippen molar-refractivity contribution in [1.29, 1.82) is 0 Å². The van der Waals surface area contributed by atoms with Crippen molar-refractivity contribution in [3.05, 3.63) is 0 Å².